The largest absolute Gasteiger partial charge is 0.598 e. The van der Waals surface area contributed by atoms with Gasteiger partial charge in [0.25, 0.3) is 0 Å². The van der Waals surface area contributed by atoms with Gasteiger partial charge in [-0.25, -0.2) is 0 Å². The molecule has 5 nitrogen and oxygen atoms in total. The van der Waals surface area contributed by atoms with Gasteiger partial charge in [0.15, 0.2) is 0 Å². The monoisotopic (exact) mass is 351 g/mol. The molecular weight excluding hydrogens is 322 g/mol. The molecule has 6 heteroatoms. The Kier molecular flexibility index (Phi) is 6.66. The first kappa shape index (κ1) is 19.2. The zero-order valence-electron chi connectivity index (χ0n) is 15.0. The van der Waals surface area contributed by atoms with Gasteiger partial charge in [0, 0.05) is 35.4 Å². The van der Waals surface area contributed by atoms with Gasteiger partial charge in [0.2, 0.25) is 5.91 Å². The first-order chi connectivity index (χ1) is 11.3. The third-order valence-corrected chi connectivity index (χ3v) is 6.34. The van der Waals surface area contributed by atoms with Crippen LogP contribution in [0.15, 0.2) is 24.5 Å². The highest BCUT2D eigenvalue weighted by atomic mass is 32.2. The summed E-state index contributed by atoms with van der Waals surface area (Å²) in [5, 5.41) is 2.96. The number of rotatable bonds is 5. The lowest BCUT2D eigenvalue weighted by atomic mass is 9.79. The third-order valence-electron chi connectivity index (χ3n) is 4.65. The van der Waals surface area contributed by atoms with Crippen LogP contribution in [0.25, 0.3) is 0 Å². The molecule has 1 heterocycles. The standard InChI is InChI=1S/C18H29N3O2S/c1-13(21-24(23)18(2,3)4)14-5-7-15(8-6-14)17(22)20-16-9-11-19-12-10-16/h9-15,21H,5-8H2,1-4H3,(H,19,20,22)/t13-,14-,15-,24-/m1/s1. The van der Waals surface area contributed by atoms with Crippen molar-refractivity contribution in [1.29, 1.82) is 0 Å². The number of nitrogens with one attached hydrogen (secondary N) is 2. The predicted octanol–water partition coefficient (Wildman–Crippen LogP) is 3.27. The summed E-state index contributed by atoms with van der Waals surface area (Å²) in [5.41, 5.74) is 0.799. The molecule has 0 spiro atoms. The van der Waals surface area contributed by atoms with Gasteiger partial charge in [0.05, 0.1) is 6.04 Å². The fourth-order valence-corrected chi connectivity index (χ4v) is 3.89. The molecule has 1 amide bonds. The van der Waals surface area contributed by atoms with Crippen LogP contribution in [-0.4, -0.2) is 26.2 Å². The van der Waals surface area contributed by atoms with Crippen molar-refractivity contribution in [1.82, 2.24) is 9.71 Å². The average Bonchev–Trinajstić information content (AvgIpc) is 2.55. The van der Waals surface area contributed by atoms with Gasteiger partial charge in [-0.3, -0.25) is 9.78 Å². The van der Waals surface area contributed by atoms with Gasteiger partial charge in [-0.1, -0.05) is 0 Å². The number of carbonyl (C=O) groups is 1. The van der Waals surface area contributed by atoms with Crippen LogP contribution in [0.5, 0.6) is 0 Å². The minimum absolute atomic E-state index is 0.0646. The summed E-state index contributed by atoms with van der Waals surface area (Å²) in [6, 6.07) is 3.81. The number of aromatic nitrogens is 1. The number of carbonyl (C=O) groups excluding carboxylic acids is 1. The zero-order valence-corrected chi connectivity index (χ0v) is 15.9. The molecule has 1 aromatic rings. The molecular formula is C18H29N3O2S. The summed E-state index contributed by atoms with van der Waals surface area (Å²) in [6.45, 7) is 8.03. The second-order valence-corrected chi connectivity index (χ2v) is 9.62. The van der Waals surface area contributed by atoms with Crippen molar-refractivity contribution < 1.29 is 9.35 Å². The molecule has 1 aliphatic rings. The van der Waals surface area contributed by atoms with Crippen LogP contribution in [0.4, 0.5) is 5.69 Å². The Hall–Kier alpha value is -1.11. The maximum absolute atomic E-state index is 12.4. The average molecular weight is 352 g/mol. The molecule has 134 valence electrons. The lowest BCUT2D eigenvalue weighted by Gasteiger charge is -2.34. The van der Waals surface area contributed by atoms with E-state index in [9.17, 15) is 9.35 Å². The Morgan fingerprint density at radius 3 is 2.38 bits per heavy atom. The lowest BCUT2D eigenvalue weighted by molar-refractivity contribution is -0.121. The highest BCUT2D eigenvalue weighted by Crippen LogP contribution is 2.32. The number of amides is 1. The number of hydrogen-bond donors (Lipinski definition) is 2. The molecule has 1 fully saturated rings. The van der Waals surface area contributed by atoms with Gasteiger partial charge < -0.3 is 9.87 Å². The predicted molar refractivity (Wildman–Crippen MR) is 98.8 cm³/mol. The van der Waals surface area contributed by atoms with Crippen molar-refractivity contribution in [3.8, 4) is 0 Å². The van der Waals surface area contributed by atoms with E-state index in [1.807, 2.05) is 20.8 Å². The van der Waals surface area contributed by atoms with Crippen LogP contribution in [0.2, 0.25) is 0 Å². The zero-order chi connectivity index (χ0) is 17.7. The van der Waals surface area contributed by atoms with Gasteiger partial charge in [-0.2, -0.15) is 0 Å². The lowest BCUT2D eigenvalue weighted by Crippen LogP contribution is -2.47. The maximum Gasteiger partial charge on any atom is 0.227 e. The fourth-order valence-electron chi connectivity index (χ4n) is 3.00. The summed E-state index contributed by atoms with van der Waals surface area (Å²) in [7, 11) is 0. The molecule has 0 bridgehead atoms. The Labute approximate surface area is 148 Å². The van der Waals surface area contributed by atoms with Crippen molar-refractivity contribution in [3.05, 3.63) is 24.5 Å². The Morgan fingerprint density at radius 1 is 1.25 bits per heavy atom. The van der Waals surface area contributed by atoms with E-state index in [4.69, 9.17) is 0 Å². The molecule has 0 aromatic carbocycles. The van der Waals surface area contributed by atoms with Gasteiger partial charge in [-0.15, -0.1) is 4.72 Å². The number of nitrogens with zero attached hydrogens (tertiary/aromatic N) is 1. The maximum atomic E-state index is 12.4. The molecule has 1 saturated carbocycles. The van der Waals surface area contributed by atoms with E-state index < -0.39 is 11.4 Å². The van der Waals surface area contributed by atoms with Crippen LogP contribution in [0, 0.1) is 11.8 Å². The summed E-state index contributed by atoms with van der Waals surface area (Å²) < 4.78 is 15.2. The molecule has 2 rings (SSSR count). The third kappa shape index (κ3) is 5.46. The van der Waals surface area contributed by atoms with E-state index >= 15 is 0 Å². The first-order valence-corrected chi connectivity index (χ1v) is 9.81. The Morgan fingerprint density at radius 2 is 1.83 bits per heavy atom. The highest BCUT2D eigenvalue weighted by Gasteiger charge is 2.33. The number of pyridine rings is 1. The van der Waals surface area contributed by atoms with Crippen molar-refractivity contribution >= 4 is 23.0 Å². The molecule has 1 aromatic heterocycles. The van der Waals surface area contributed by atoms with Crippen molar-refractivity contribution in [2.24, 2.45) is 11.8 Å². The van der Waals surface area contributed by atoms with Crippen molar-refractivity contribution in [2.45, 2.75) is 64.2 Å². The SMILES string of the molecule is C[C@@H](N[S@+]([O-])C(C)(C)C)[C@H]1CC[C@H](C(=O)Nc2ccncc2)CC1. The number of hydrogen-bond acceptors (Lipinski definition) is 4. The summed E-state index contributed by atoms with van der Waals surface area (Å²) >= 11 is -1.05. The summed E-state index contributed by atoms with van der Waals surface area (Å²) in [4.78, 5) is 16.3. The fraction of sp³-hybridized carbons (Fsp3) is 0.667. The minimum Gasteiger partial charge on any atom is -0.598 e. The molecule has 2 atom stereocenters. The molecule has 0 radical (unpaired) electrons. The van der Waals surface area contributed by atoms with Crippen molar-refractivity contribution in [3.63, 3.8) is 0 Å². The summed E-state index contributed by atoms with van der Waals surface area (Å²) in [5.74, 6) is 0.634. The van der Waals surface area contributed by atoms with E-state index in [2.05, 4.69) is 21.9 Å². The topological polar surface area (TPSA) is 77.1 Å². The molecule has 1 aliphatic carbocycles. The Bertz CT molecular complexity index is 525. The van der Waals surface area contributed by atoms with Crippen LogP contribution >= 0.6 is 0 Å². The van der Waals surface area contributed by atoms with E-state index in [1.165, 1.54) is 0 Å². The second-order valence-electron chi connectivity index (χ2n) is 7.62. The van der Waals surface area contributed by atoms with Gasteiger partial charge >= 0.3 is 0 Å². The molecule has 0 unspecified atom stereocenters. The highest BCUT2D eigenvalue weighted by molar-refractivity contribution is 7.90. The molecule has 24 heavy (non-hydrogen) atoms. The molecule has 0 saturated heterocycles. The minimum atomic E-state index is -1.05. The molecule has 2 N–H and O–H groups in total. The van der Waals surface area contributed by atoms with Gasteiger partial charge in [0.1, 0.15) is 4.75 Å². The van der Waals surface area contributed by atoms with E-state index in [0.717, 1.165) is 31.4 Å². The quantitative estimate of drug-likeness (QED) is 0.798. The number of anilines is 1. The van der Waals surface area contributed by atoms with Crippen LogP contribution in [0.3, 0.4) is 0 Å². The molecule has 0 aliphatic heterocycles. The van der Waals surface area contributed by atoms with Crippen molar-refractivity contribution in [2.75, 3.05) is 5.32 Å². The van der Waals surface area contributed by atoms with E-state index in [0.29, 0.717) is 5.92 Å². The second kappa shape index (κ2) is 8.32. The van der Waals surface area contributed by atoms with Crippen LogP contribution in [-0.2, 0) is 16.2 Å². The van der Waals surface area contributed by atoms with E-state index in [1.54, 1.807) is 24.5 Å². The van der Waals surface area contributed by atoms with E-state index in [-0.39, 0.29) is 22.6 Å². The summed E-state index contributed by atoms with van der Waals surface area (Å²) in [6.07, 6.45) is 7.10. The Balaban J connectivity index is 1.79. The normalized spacial score (nSPS) is 24.2. The van der Waals surface area contributed by atoms with Crippen LogP contribution in [0.1, 0.15) is 53.4 Å². The van der Waals surface area contributed by atoms with Gasteiger partial charge in [-0.05, 0) is 71.4 Å². The van der Waals surface area contributed by atoms with Crippen LogP contribution < -0.4 is 10.0 Å². The smallest absolute Gasteiger partial charge is 0.227 e. The first-order valence-electron chi connectivity index (χ1n) is 8.66.